The van der Waals surface area contributed by atoms with E-state index in [2.05, 4.69) is 36.8 Å². The molecule has 0 bridgehead atoms. The molecule has 0 spiro atoms. The largest absolute Gasteiger partial charge is 0.358 e. The number of rotatable bonds is 6. The molecule has 1 aromatic heterocycles. The third-order valence-electron chi connectivity index (χ3n) is 2.27. The number of hydrogen-bond donors (Lipinski definition) is 2. The zero-order valence-corrected chi connectivity index (χ0v) is 14.8. The van der Waals surface area contributed by atoms with Gasteiger partial charge in [-0.3, -0.25) is 4.79 Å². The number of nitrogens with zero attached hydrogens (tertiary/aromatic N) is 2. The molecule has 0 aliphatic heterocycles. The standard InChI is InChI=1S/C13H15BrN4OS2/c1-8(2)15-12-17-18-13(21-12)20-7-11(19)16-10-5-3-9(14)4-6-10/h3-6,8H,7H2,1-2H3,(H,15,17)(H,16,19). The average molecular weight is 387 g/mol. The van der Waals surface area contributed by atoms with Gasteiger partial charge in [0.05, 0.1) is 5.75 Å². The Kier molecular flexibility index (Phi) is 6.01. The second-order valence-electron chi connectivity index (χ2n) is 4.52. The summed E-state index contributed by atoms with van der Waals surface area (Å²) in [5, 5.41) is 14.9. The number of hydrogen-bond acceptors (Lipinski definition) is 6. The van der Waals surface area contributed by atoms with Crippen LogP contribution in [0.4, 0.5) is 10.8 Å². The van der Waals surface area contributed by atoms with Crippen molar-refractivity contribution in [3.8, 4) is 0 Å². The van der Waals surface area contributed by atoms with Gasteiger partial charge in [-0.2, -0.15) is 0 Å². The second kappa shape index (κ2) is 7.77. The maximum atomic E-state index is 11.9. The van der Waals surface area contributed by atoms with E-state index in [4.69, 9.17) is 0 Å². The molecule has 0 saturated heterocycles. The van der Waals surface area contributed by atoms with Crippen LogP contribution >= 0.6 is 39.0 Å². The summed E-state index contributed by atoms with van der Waals surface area (Å²) in [6.07, 6.45) is 0. The average Bonchev–Trinajstić information content (AvgIpc) is 2.86. The van der Waals surface area contributed by atoms with Crippen LogP contribution in [-0.4, -0.2) is 27.9 Å². The van der Waals surface area contributed by atoms with Gasteiger partial charge in [-0.1, -0.05) is 39.0 Å². The monoisotopic (exact) mass is 386 g/mol. The lowest BCUT2D eigenvalue weighted by molar-refractivity contribution is -0.113. The van der Waals surface area contributed by atoms with E-state index in [-0.39, 0.29) is 5.91 Å². The Morgan fingerprint density at radius 3 is 2.71 bits per heavy atom. The normalized spacial score (nSPS) is 10.7. The summed E-state index contributed by atoms with van der Waals surface area (Å²) in [5.74, 6) is 0.253. The molecule has 1 amide bonds. The van der Waals surface area contributed by atoms with Crippen molar-refractivity contribution in [2.24, 2.45) is 0 Å². The Hall–Kier alpha value is -1.12. The zero-order chi connectivity index (χ0) is 15.2. The fraction of sp³-hybridized carbons (Fsp3) is 0.308. The molecule has 0 unspecified atom stereocenters. The van der Waals surface area contributed by atoms with Crippen molar-refractivity contribution < 1.29 is 4.79 Å². The number of halogens is 1. The summed E-state index contributed by atoms with van der Waals surface area (Å²) in [5.41, 5.74) is 0.781. The van der Waals surface area contributed by atoms with Crippen LogP contribution < -0.4 is 10.6 Å². The predicted molar refractivity (Wildman–Crippen MR) is 92.2 cm³/mol. The number of aromatic nitrogens is 2. The van der Waals surface area contributed by atoms with Crippen LogP contribution in [0.1, 0.15) is 13.8 Å². The minimum Gasteiger partial charge on any atom is -0.358 e. The van der Waals surface area contributed by atoms with Crippen molar-refractivity contribution in [1.82, 2.24) is 10.2 Å². The van der Waals surface area contributed by atoms with E-state index in [0.29, 0.717) is 11.8 Å². The number of amides is 1. The first-order valence-electron chi connectivity index (χ1n) is 6.31. The van der Waals surface area contributed by atoms with Gasteiger partial charge >= 0.3 is 0 Å². The lowest BCUT2D eigenvalue weighted by atomic mass is 10.3. The lowest BCUT2D eigenvalue weighted by Gasteiger charge is -2.04. The number of carbonyl (C=O) groups is 1. The molecule has 0 atom stereocenters. The summed E-state index contributed by atoms with van der Waals surface area (Å²) in [4.78, 5) is 11.9. The van der Waals surface area contributed by atoms with Crippen LogP contribution in [0.25, 0.3) is 0 Å². The maximum Gasteiger partial charge on any atom is 0.234 e. The fourth-order valence-corrected chi connectivity index (χ4v) is 3.39. The topological polar surface area (TPSA) is 66.9 Å². The number of nitrogens with one attached hydrogen (secondary N) is 2. The summed E-state index contributed by atoms with van der Waals surface area (Å²) in [6, 6.07) is 7.79. The third kappa shape index (κ3) is 5.64. The van der Waals surface area contributed by atoms with Gasteiger partial charge < -0.3 is 10.6 Å². The van der Waals surface area contributed by atoms with Crippen molar-refractivity contribution in [2.45, 2.75) is 24.2 Å². The Bertz CT molecular complexity index is 600. The van der Waals surface area contributed by atoms with Gasteiger partial charge in [0.2, 0.25) is 11.0 Å². The van der Waals surface area contributed by atoms with E-state index in [1.807, 2.05) is 38.1 Å². The minimum atomic E-state index is -0.0594. The van der Waals surface area contributed by atoms with Crippen LogP contribution in [0, 0.1) is 0 Å². The van der Waals surface area contributed by atoms with Crippen molar-refractivity contribution in [3.63, 3.8) is 0 Å². The molecule has 0 fully saturated rings. The molecule has 0 aliphatic carbocycles. The molecule has 1 aromatic carbocycles. The van der Waals surface area contributed by atoms with Crippen LogP contribution in [0.15, 0.2) is 33.1 Å². The van der Waals surface area contributed by atoms with Crippen molar-refractivity contribution in [3.05, 3.63) is 28.7 Å². The molecule has 21 heavy (non-hydrogen) atoms. The van der Waals surface area contributed by atoms with E-state index < -0.39 is 0 Å². The molecular formula is C13H15BrN4OS2. The lowest BCUT2D eigenvalue weighted by Crippen LogP contribution is -2.13. The van der Waals surface area contributed by atoms with E-state index in [1.165, 1.54) is 23.1 Å². The van der Waals surface area contributed by atoms with Crippen molar-refractivity contribution in [2.75, 3.05) is 16.4 Å². The van der Waals surface area contributed by atoms with Gasteiger partial charge in [0.1, 0.15) is 0 Å². The molecule has 1 heterocycles. The first kappa shape index (κ1) is 16.3. The molecular weight excluding hydrogens is 372 g/mol. The second-order valence-corrected chi connectivity index (χ2v) is 7.63. The smallest absolute Gasteiger partial charge is 0.234 e. The van der Waals surface area contributed by atoms with Crippen LogP contribution in [0.5, 0.6) is 0 Å². The highest BCUT2D eigenvalue weighted by molar-refractivity contribution is 9.10. The summed E-state index contributed by atoms with van der Waals surface area (Å²) in [6.45, 7) is 4.08. The van der Waals surface area contributed by atoms with E-state index in [0.717, 1.165) is 19.6 Å². The number of thioether (sulfide) groups is 1. The predicted octanol–water partition coefficient (Wildman–Crippen LogP) is 3.85. The number of carbonyl (C=O) groups excluding carboxylic acids is 1. The highest BCUT2D eigenvalue weighted by atomic mass is 79.9. The molecule has 8 heteroatoms. The fourth-order valence-electron chi connectivity index (χ4n) is 1.43. The van der Waals surface area contributed by atoms with Gasteiger partial charge in [0.15, 0.2) is 4.34 Å². The SMILES string of the molecule is CC(C)Nc1nnc(SCC(=O)Nc2ccc(Br)cc2)s1. The molecule has 2 rings (SSSR count). The summed E-state index contributed by atoms with van der Waals surface area (Å²) >= 11 is 6.19. The summed E-state index contributed by atoms with van der Waals surface area (Å²) in [7, 11) is 0. The van der Waals surface area contributed by atoms with E-state index in [1.54, 1.807) is 0 Å². The minimum absolute atomic E-state index is 0.0594. The van der Waals surface area contributed by atoms with E-state index in [9.17, 15) is 4.79 Å². The van der Waals surface area contributed by atoms with Crippen LogP contribution in [0.2, 0.25) is 0 Å². The van der Waals surface area contributed by atoms with Crippen molar-refractivity contribution in [1.29, 1.82) is 0 Å². The molecule has 112 valence electrons. The van der Waals surface area contributed by atoms with Gasteiger partial charge in [0, 0.05) is 16.2 Å². The first-order valence-corrected chi connectivity index (χ1v) is 8.90. The zero-order valence-electron chi connectivity index (χ0n) is 11.6. The number of benzene rings is 1. The molecule has 2 N–H and O–H groups in total. The molecule has 0 radical (unpaired) electrons. The molecule has 2 aromatic rings. The van der Waals surface area contributed by atoms with Gasteiger partial charge in [-0.05, 0) is 38.1 Å². The van der Waals surface area contributed by atoms with Gasteiger partial charge in [-0.15, -0.1) is 10.2 Å². The molecule has 0 saturated carbocycles. The summed E-state index contributed by atoms with van der Waals surface area (Å²) < 4.78 is 1.76. The highest BCUT2D eigenvalue weighted by Gasteiger charge is 2.09. The Balaban J connectivity index is 1.81. The number of anilines is 2. The Labute approximate surface area is 140 Å². The van der Waals surface area contributed by atoms with Crippen molar-refractivity contribution >= 4 is 55.8 Å². The maximum absolute atomic E-state index is 11.9. The van der Waals surface area contributed by atoms with Gasteiger partial charge in [-0.25, -0.2) is 0 Å². The highest BCUT2D eigenvalue weighted by Crippen LogP contribution is 2.26. The third-order valence-corrected chi connectivity index (χ3v) is 4.79. The van der Waals surface area contributed by atoms with Crippen LogP contribution in [0.3, 0.4) is 0 Å². The molecule has 0 aliphatic rings. The van der Waals surface area contributed by atoms with E-state index >= 15 is 0 Å². The van der Waals surface area contributed by atoms with Crippen LogP contribution in [-0.2, 0) is 4.79 Å². The Morgan fingerprint density at radius 2 is 2.05 bits per heavy atom. The quantitative estimate of drug-likeness (QED) is 0.737. The molecule has 5 nitrogen and oxygen atoms in total. The van der Waals surface area contributed by atoms with Gasteiger partial charge in [0.25, 0.3) is 0 Å². The first-order chi connectivity index (χ1) is 10.0. The Morgan fingerprint density at radius 1 is 1.33 bits per heavy atom.